The average molecular weight is 586 g/mol. The van der Waals surface area contributed by atoms with Crippen molar-refractivity contribution in [3.8, 4) is 11.5 Å². The Kier molecular flexibility index (Phi) is 6.81. The highest BCUT2D eigenvalue weighted by molar-refractivity contribution is 7.99. The molecule has 4 aromatic rings. The van der Waals surface area contributed by atoms with Gasteiger partial charge in [-0.25, -0.2) is 0 Å². The second-order valence-electron chi connectivity index (χ2n) is 10.3. The van der Waals surface area contributed by atoms with Gasteiger partial charge in [-0.15, -0.1) is 0 Å². The maximum Gasteiger partial charge on any atom is 0.251 e. The van der Waals surface area contributed by atoms with Crippen molar-refractivity contribution in [1.29, 1.82) is 0 Å². The van der Waals surface area contributed by atoms with Crippen molar-refractivity contribution in [3.05, 3.63) is 84.4 Å². The van der Waals surface area contributed by atoms with E-state index >= 15 is 0 Å². The summed E-state index contributed by atoms with van der Waals surface area (Å²) in [5, 5.41) is 5.64. The topological polar surface area (TPSA) is 124 Å². The van der Waals surface area contributed by atoms with Crippen molar-refractivity contribution >= 4 is 35.0 Å². The molecule has 2 saturated heterocycles. The Morgan fingerprint density at radius 3 is 2.71 bits per heavy atom. The van der Waals surface area contributed by atoms with Crippen LogP contribution in [-0.2, 0) is 25.6 Å². The number of likely N-dealkylation sites (tertiary alicyclic amines) is 1. The second-order valence-corrected chi connectivity index (χ2v) is 11.4. The molecule has 2 N–H and O–H groups in total. The quantitative estimate of drug-likeness (QED) is 0.312. The predicted octanol–water partition coefficient (Wildman–Crippen LogP) is 2.98. The van der Waals surface area contributed by atoms with Gasteiger partial charge in [-0.2, -0.15) is 0 Å². The molecule has 214 valence electrons. The molecule has 11 nitrogen and oxygen atoms in total. The average Bonchev–Trinajstić information content (AvgIpc) is 3.75. The third-order valence-corrected chi connectivity index (χ3v) is 8.66. The van der Waals surface area contributed by atoms with Gasteiger partial charge < -0.3 is 34.1 Å². The monoisotopic (exact) mass is 585 g/mol. The Morgan fingerprint density at radius 2 is 1.86 bits per heavy atom. The lowest BCUT2D eigenvalue weighted by atomic mass is 10.1. The highest BCUT2D eigenvalue weighted by atomic mass is 32.2. The summed E-state index contributed by atoms with van der Waals surface area (Å²) in [6.45, 7) is 0.883. The van der Waals surface area contributed by atoms with Crippen molar-refractivity contribution in [2.45, 2.75) is 34.6 Å². The minimum absolute atomic E-state index is 0.102. The van der Waals surface area contributed by atoms with Crippen LogP contribution in [0.25, 0.3) is 5.52 Å². The van der Waals surface area contributed by atoms with E-state index in [4.69, 9.17) is 14.2 Å². The van der Waals surface area contributed by atoms with Gasteiger partial charge in [0.25, 0.3) is 5.91 Å². The predicted molar refractivity (Wildman–Crippen MR) is 151 cm³/mol. The van der Waals surface area contributed by atoms with E-state index < -0.39 is 23.6 Å². The molecule has 12 heteroatoms. The minimum atomic E-state index is -1.03. The number of nitrogens with zero attached hydrogens (tertiary/aromatic N) is 3. The van der Waals surface area contributed by atoms with E-state index in [0.29, 0.717) is 24.5 Å². The van der Waals surface area contributed by atoms with Gasteiger partial charge in [0.05, 0.1) is 47.8 Å². The standard InChI is InChI=1S/C30H27N5O6S/c36-27(16-33-28(37)20-5-6-26-24(12-20)41-23-3-1-2-4-25(23)42-26)35-18-30(39-9-10-40-30)13-22(35)29(38)32-14-19-11-21-15-31-7-8-34(21)17-19/h1-8,11-12,15,17,22H,9-10,13-14,16,18H2,(H,32,38)(H,33,37). The molecule has 3 amide bonds. The van der Waals surface area contributed by atoms with Gasteiger partial charge in [0.2, 0.25) is 11.8 Å². The first kappa shape index (κ1) is 26.5. The molecular weight excluding hydrogens is 558 g/mol. The van der Waals surface area contributed by atoms with Gasteiger partial charge in [0, 0.05) is 37.1 Å². The van der Waals surface area contributed by atoms with E-state index in [-0.39, 0.29) is 32.0 Å². The third-order valence-electron chi connectivity index (χ3n) is 7.55. The summed E-state index contributed by atoms with van der Waals surface area (Å²) >= 11 is 1.57. The van der Waals surface area contributed by atoms with E-state index in [1.54, 1.807) is 36.3 Å². The molecule has 42 heavy (non-hydrogen) atoms. The highest BCUT2D eigenvalue weighted by Crippen LogP contribution is 2.47. The molecule has 5 heterocycles. The third kappa shape index (κ3) is 5.08. The van der Waals surface area contributed by atoms with Gasteiger partial charge in [-0.05, 0) is 42.0 Å². The van der Waals surface area contributed by atoms with Crippen LogP contribution in [0.5, 0.6) is 11.5 Å². The smallest absolute Gasteiger partial charge is 0.251 e. The SMILES string of the molecule is O=C(NCC(=O)N1CC2(CC1C(=O)NCc1cc3cnccn3c1)OCCO2)c1ccc2c(c1)Oc1ccccc1S2. The number of para-hydroxylation sites is 1. The lowest BCUT2D eigenvalue weighted by molar-refractivity contribution is -0.152. The number of nitrogens with one attached hydrogen (secondary N) is 2. The molecular formula is C30H27N5O6S. The summed E-state index contributed by atoms with van der Waals surface area (Å²) < 4.78 is 19.6. The molecule has 0 radical (unpaired) electrons. The molecule has 0 aliphatic carbocycles. The molecule has 2 aromatic carbocycles. The van der Waals surface area contributed by atoms with Crippen LogP contribution < -0.4 is 15.4 Å². The van der Waals surface area contributed by atoms with E-state index in [1.165, 1.54) is 4.90 Å². The molecule has 3 aliphatic heterocycles. The Bertz CT molecular complexity index is 1670. The van der Waals surface area contributed by atoms with Gasteiger partial charge in [0.1, 0.15) is 17.5 Å². The Hall–Kier alpha value is -4.39. The summed E-state index contributed by atoms with van der Waals surface area (Å²) in [6.07, 6.45) is 7.39. The highest BCUT2D eigenvalue weighted by Gasteiger charge is 2.52. The van der Waals surface area contributed by atoms with Crippen LogP contribution in [0.15, 0.2) is 83.1 Å². The lowest BCUT2D eigenvalue weighted by Gasteiger charge is -2.24. The molecule has 7 rings (SSSR count). The zero-order valence-electron chi connectivity index (χ0n) is 22.4. The van der Waals surface area contributed by atoms with Crippen LogP contribution in [0.1, 0.15) is 22.3 Å². The summed E-state index contributed by atoms with van der Waals surface area (Å²) in [7, 11) is 0. The zero-order chi connectivity index (χ0) is 28.7. The molecule has 0 bridgehead atoms. The van der Waals surface area contributed by atoms with Gasteiger partial charge >= 0.3 is 0 Å². The van der Waals surface area contributed by atoms with Crippen molar-refractivity contribution in [3.63, 3.8) is 0 Å². The second kappa shape index (κ2) is 10.8. The molecule has 1 atom stereocenters. The van der Waals surface area contributed by atoms with E-state index in [2.05, 4.69) is 15.6 Å². The largest absolute Gasteiger partial charge is 0.455 e. The molecule has 0 saturated carbocycles. The summed E-state index contributed by atoms with van der Waals surface area (Å²) in [5.74, 6) is -0.852. The number of fused-ring (bicyclic) bond motifs is 3. The van der Waals surface area contributed by atoms with Crippen LogP contribution in [0, 0.1) is 0 Å². The van der Waals surface area contributed by atoms with Crippen molar-refractivity contribution in [2.24, 2.45) is 0 Å². The van der Waals surface area contributed by atoms with Crippen molar-refractivity contribution in [2.75, 3.05) is 26.3 Å². The lowest BCUT2D eigenvalue weighted by Crippen LogP contribution is -2.49. The molecule has 2 fully saturated rings. The summed E-state index contributed by atoms with van der Waals surface area (Å²) in [6, 6.07) is 14.0. The van der Waals surface area contributed by atoms with Crippen LogP contribution in [0.2, 0.25) is 0 Å². The van der Waals surface area contributed by atoms with Crippen LogP contribution in [0.4, 0.5) is 0 Å². The zero-order valence-corrected chi connectivity index (χ0v) is 23.3. The number of hydrogen-bond acceptors (Lipinski definition) is 8. The number of carbonyl (C=O) groups excluding carboxylic acids is 3. The van der Waals surface area contributed by atoms with Gasteiger partial charge in [-0.1, -0.05) is 23.9 Å². The minimum Gasteiger partial charge on any atom is -0.455 e. The van der Waals surface area contributed by atoms with Crippen LogP contribution in [0.3, 0.4) is 0 Å². The fourth-order valence-corrected chi connectivity index (χ4v) is 6.42. The number of hydrogen-bond donors (Lipinski definition) is 2. The van der Waals surface area contributed by atoms with Gasteiger partial charge in [0.15, 0.2) is 5.79 Å². The number of benzene rings is 2. The number of rotatable bonds is 6. The number of ether oxygens (including phenoxy) is 3. The first-order valence-corrected chi connectivity index (χ1v) is 14.4. The van der Waals surface area contributed by atoms with Crippen molar-refractivity contribution in [1.82, 2.24) is 24.9 Å². The number of aromatic nitrogens is 2. The van der Waals surface area contributed by atoms with E-state index in [0.717, 1.165) is 26.6 Å². The number of amides is 3. The molecule has 1 unspecified atom stereocenters. The Labute approximate surface area is 245 Å². The first-order valence-electron chi connectivity index (χ1n) is 13.6. The first-order chi connectivity index (χ1) is 20.5. The fourth-order valence-electron chi connectivity index (χ4n) is 5.49. The maximum atomic E-state index is 13.4. The molecule has 3 aliphatic rings. The van der Waals surface area contributed by atoms with Gasteiger partial charge in [-0.3, -0.25) is 19.4 Å². The van der Waals surface area contributed by atoms with Crippen molar-refractivity contribution < 1.29 is 28.6 Å². The van der Waals surface area contributed by atoms with Crippen LogP contribution in [-0.4, -0.2) is 70.1 Å². The maximum absolute atomic E-state index is 13.4. The Balaban J connectivity index is 1.01. The molecule has 2 aromatic heterocycles. The number of carbonyl (C=O) groups is 3. The van der Waals surface area contributed by atoms with E-state index in [9.17, 15) is 14.4 Å². The van der Waals surface area contributed by atoms with Crippen LogP contribution >= 0.6 is 11.8 Å². The Morgan fingerprint density at radius 1 is 1.02 bits per heavy atom. The summed E-state index contributed by atoms with van der Waals surface area (Å²) in [5.41, 5.74) is 2.18. The fraction of sp³-hybridized carbons (Fsp3) is 0.267. The normalized spacial score (nSPS) is 18.4. The van der Waals surface area contributed by atoms with E-state index in [1.807, 2.05) is 53.2 Å². The molecule has 1 spiro atoms. The summed E-state index contributed by atoms with van der Waals surface area (Å²) in [4.78, 5) is 47.2.